The minimum absolute atomic E-state index is 0.159. The van der Waals surface area contributed by atoms with E-state index in [-0.39, 0.29) is 17.9 Å². The molecule has 0 saturated carbocycles. The number of aliphatic hydroxyl groups is 1. The molecule has 0 aliphatic carbocycles. The van der Waals surface area contributed by atoms with Gasteiger partial charge in [0.2, 0.25) is 5.28 Å². The van der Waals surface area contributed by atoms with Crippen molar-refractivity contribution in [2.75, 3.05) is 23.8 Å². The molecular formula is C11H19ClN4O. The van der Waals surface area contributed by atoms with Gasteiger partial charge in [0.15, 0.2) is 5.82 Å². The number of nitrogens with zero attached hydrogens (tertiary/aromatic N) is 2. The van der Waals surface area contributed by atoms with Gasteiger partial charge in [-0.2, -0.15) is 4.98 Å². The fraction of sp³-hybridized carbons (Fsp3) is 0.636. The third kappa shape index (κ3) is 3.44. The van der Waals surface area contributed by atoms with Crippen molar-refractivity contribution in [1.82, 2.24) is 9.97 Å². The molecule has 17 heavy (non-hydrogen) atoms. The summed E-state index contributed by atoms with van der Waals surface area (Å²) in [5.41, 5.74) is 1.73. The Morgan fingerprint density at radius 1 is 1.41 bits per heavy atom. The van der Waals surface area contributed by atoms with Gasteiger partial charge in [0, 0.05) is 19.2 Å². The van der Waals surface area contributed by atoms with Crippen LogP contribution in [0.5, 0.6) is 0 Å². The minimum Gasteiger partial charge on any atom is -0.396 e. The largest absolute Gasteiger partial charge is 0.396 e. The van der Waals surface area contributed by atoms with E-state index in [0.717, 1.165) is 23.7 Å². The molecule has 6 heteroatoms. The van der Waals surface area contributed by atoms with Crippen LogP contribution in [0.1, 0.15) is 26.0 Å². The van der Waals surface area contributed by atoms with Crippen molar-refractivity contribution < 1.29 is 5.11 Å². The summed E-state index contributed by atoms with van der Waals surface area (Å²) in [6, 6.07) is 0.188. The summed E-state index contributed by atoms with van der Waals surface area (Å²) in [5.74, 6) is 0.720. The molecule has 1 aliphatic heterocycles. The van der Waals surface area contributed by atoms with E-state index in [0.29, 0.717) is 6.42 Å². The van der Waals surface area contributed by atoms with Crippen LogP contribution < -0.4 is 10.6 Å². The van der Waals surface area contributed by atoms with Crippen molar-refractivity contribution in [3.8, 4) is 0 Å². The molecule has 0 unspecified atom stereocenters. The summed E-state index contributed by atoms with van der Waals surface area (Å²) < 4.78 is 0. The van der Waals surface area contributed by atoms with Gasteiger partial charge in [-0.15, -0.1) is 0 Å². The van der Waals surface area contributed by atoms with E-state index in [1.165, 1.54) is 0 Å². The Kier molecular flexibility index (Phi) is 5.44. The molecule has 1 aliphatic rings. The van der Waals surface area contributed by atoms with Crippen molar-refractivity contribution in [3.05, 3.63) is 11.0 Å². The third-order valence-corrected chi connectivity index (χ3v) is 2.58. The predicted octanol–water partition coefficient (Wildman–Crippen LogP) is 2.05. The zero-order valence-electron chi connectivity index (χ0n) is 10.4. The zero-order chi connectivity index (χ0) is 12.8. The predicted molar refractivity (Wildman–Crippen MR) is 70.7 cm³/mol. The maximum Gasteiger partial charge on any atom is 0.224 e. The molecular weight excluding hydrogens is 240 g/mol. The third-order valence-electron chi connectivity index (χ3n) is 2.41. The second-order valence-corrected chi connectivity index (χ2v) is 3.87. The van der Waals surface area contributed by atoms with Gasteiger partial charge in [0.1, 0.15) is 0 Å². The average molecular weight is 259 g/mol. The van der Waals surface area contributed by atoms with Gasteiger partial charge < -0.3 is 15.7 Å². The fourth-order valence-electron chi connectivity index (χ4n) is 1.65. The molecule has 0 radical (unpaired) electrons. The van der Waals surface area contributed by atoms with Crippen LogP contribution in [0.25, 0.3) is 0 Å². The van der Waals surface area contributed by atoms with Crippen LogP contribution in [-0.4, -0.2) is 34.3 Å². The second kappa shape index (κ2) is 6.61. The topological polar surface area (TPSA) is 70.1 Å². The Balaban J connectivity index is 0.000000686. The van der Waals surface area contributed by atoms with Gasteiger partial charge in [-0.3, -0.25) is 0 Å². The van der Waals surface area contributed by atoms with Gasteiger partial charge in [-0.25, -0.2) is 4.98 Å². The smallest absolute Gasteiger partial charge is 0.224 e. The Hall–Kier alpha value is -1.07. The molecule has 1 aromatic rings. The molecule has 2 heterocycles. The highest BCUT2D eigenvalue weighted by Gasteiger charge is 2.20. The summed E-state index contributed by atoms with van der Waals surface area (Å²) in [7, 11) is 0. The highest BCUT2D eigenvalue weighted by molar-refractivity contribution is 6.28. The van der Waals surface area contributed by atoms with Crippen molar-refractivity contribution in [2.24, 2.45) is 0 Å². The molecule has 0 spiro atoms. The van der Waals surface area contributed by atoms with E-state index < -0.39 is 0 Å². The molecule has 96 valence electrons. The standard InChI is InChI=1S/C9H13ClN4O.C2H6/c1-5-7-8(14-9(10)12-5)13-6(2-3-15)4-11-7;1-2/h6,11,15H,2-4H2,1H3,(H,12,13,14);1-2H3/t6-;/m0./s1. The van der Waals surface area contributed by atoms with Crippen LogP contribution in [0.15, 0.2) is 0 Å². The maximum atomic E-state index is 8.85. The first-order chi connectivity index (χ1) is 8.20. The molecule has 0 saturated heterocycles. The van der Waals surface area contributed by atoms with E-state index in [9.17, 15) is 0 Å². The zero-order valence-corrected chi connectivity index (χ0v) is 11.2. The minimum atomic E-state index is 0.159. The Bertz CT molecular complexity index is 373. The molecule has 3 N–H and O–H groups in total. The highest BCUT2D eigenvalue weighted by Crippen LogP contribution is 2.28. The number of aromatic nitrogens is 2. The van der Waals surface area contributed by atoms with Crippen molar-refractivity contribution in [3.63, 3.8) is 0 Å². The van der Waals surface area contributed by atoms with Crippen molar-refractivity contribution in [1.29, 1.82) is 0 Å². The maximum absolute atomic E-state index is 8.85. The molecule has 5 nitrogen and oxygen atoms in total. The van der Waals surface area contributed by atoms with Gasteiger partial charge in [0.25, 0.3) is 0 Å². The quantitative estimate of drug-likeness (QED) is 0.709. The lowest BCUT2D eigenvalue weighted by Gasteiger charge is -2.27. The number of hydrogen-bond acceptors (Lipinski definition) is 5. The Morgan fingerprint density at radius 2 is 2.12 bits per heavy atom. The molecule has 2 rings (SSSR count). The first kappa shape index (κ1) is 14.0. The lowest BCUT2D eigenvalue weighted by Crippen LogP contribution is -2.34. The summed E-state index contributed by atoms with van der Waals surface area (Å²) in [6.45, 7) is 6.80. The first-order valence-electron chi connectivity index (χ1n) is 5.86. The molecule has 1 aromatic heterocycles. The lowest BCUT2D eigenvalue weighted by molar-refractivity contribution is 0.280. The normalized spacial score (nSPS) is 17.1. The number of anilines is 2. The molecule has 0 aromatic carbocycles. The van der Waals surface area contributed by atoms with Crippen LogP contribution in [-0.2, 0) is 0 Å². The number of aliphatic hydroxyl groups excluding tert-OH is 1. The number of halogens is 1. The van der Waals surface area contributed by atoms with Crippen LogP contribution in [0.3, 0.4) is 0 Å². The molecule has 0 amide bonds. The summed E-state index contributed by atoms with van der Waals surface area (Å²) in [5, 5.41) is 15.5. The van der Waals surface area contributed by atoms with Crippen molar-refractivity contribution >= 4 is 23.1 Å². The SMILES string of the molecule is CC.Cc1nc(Cl)nc2c1NC[C@H](CCO)N2. The van der Waals surface area contributed by atoms with Crippen LogP contribution in [0, 0.1) is 6.92 Å². The van der Waals surface area contributed by atoms with Gasteiger partial charge in [-0.05, 0) is 24.9 Å². The molecule has 0 bridgehead atoms. The first-order valence-corrected chi connectivity index (χ1v) is 6.24. The van der Waals surface area contributed by atoms with Gasteiger partial charge >= 0.3 is 0 Å². The number of fused-ring (bicyclic) bond motifs is 1. The monoisotopic (exact) mass is 258 g/mol. The van der Waals surface area contributed by atoms with Gasteiger partial charge in [-0.1, -0.05) is 13.8 Å². The van der Waals surface area contributed by atoms with Crippen molar-refractivity contribution in [2.45, 2.75) is 33.2 Å². The summed E-state index contributed by atoms with van der Waals surface area (Å²) in [6.07, 6.45) is 0.688. The second-order valence-electron chi connectivity index (χ2n) is 3.54. The van der Waals surface area contributed by atoms with Crippen LogP contribution in [0.2, 0.25) is 5.28 Å². The van der Waals surface area contributed by atoms with E-state index in [4.69, 9.17) is 16.7 Å². The summed E-state index contributed by atoms with van der Waals surface area (Å²) in [4.78, 5) is 8.17. The van der Waals surface area contributed by atoms with Crippen LogP contribution in [0.4, 0.5) is 11.5 Å². The molecule has 0 fully saturated rings. The number of rotatable bonds is 2. The highest BCUT2D eigenvalue weighted by atomic mass is 35.5. The van der Waals surface area contributed by atoms with E-state index in [1.807, 2.05) is 20.8 Å². The Morgan fingerprint density at radius 3 is 2.76 bits per heavy atom. The van der Waals surface area contributed by atoms with E-state index in [1.54, 1.807) is 0 Å². The summed E-state index contributed by atoms with van der Waals surface area (Å²) >= 11 is 5.77. The van der Waals surface area contributed by atoms with Crippen LogP contribution >= 0.6 is 11.6 Å². The lowest BCUT2D eigenvalue weighted by atomic mass is 10.1. The Labute approximate surface area is 107 Å². The van der Waals surface area contributed by atoms with Gasteiger partial charge in [0.05, 0.1) is 11.4 Å². The fourth-order valence-corrected chi connectivity index (χ4v) is 1.87. The number of aryl methyl sites for hydroxylation is 1. The average Bonchev–Trinajstić information content (AvgIpc) is 2.31. The van der Waals surface area contributed by atoms with E-state index in [2.05, 4.69) is 20.6 Å². The van der Waals surface area contributed by atoms with E-state index >= 15 is 0 Å². The number of hydrogen-bond donors (Lipinski definition) is 3. The molecule has 1 atom stereocenters. The number of nitrogens with one attached hydrogen (secondary N) is 2.